The number of halogens is 1. The third kappa shape index (κ3) is 3.74. The van der Waals surface area contributed by atoms with Gasteiger partial charge in [-0.15, -0.1) is 0 Å². The summed E-state index contributed by atoms with van der Waals surface area (Å²) in [7, 11) is 0. The number of rotatable bonds is 5. The topological polar surface area (TPSA) is 70.3 Å². The van der Waals surface area contributed by atoms with Gasteiger partial charge in [-0.1, -0.05) is 13.8 Å². The van der Waals surface area contributed by atoms with Gasteiger partial charge in [0.25, 0.3) is 0 Å². The van der Waals surface area contributed by atoms with Crippen LogP contribution in [0, 0.1) is 23.1 Å². The lowest BCUT2D eigenvalue weighted by atomic mass is 10.1. The van der Waals surface area contributed by atoms with E-state index in [1.165, 1.54) is 12.1 Å². The first kappa shape index (κ1) is 14.0. The highest BCUT2D eigenvalue weighted by Crippen LogP contribution is 2.21. The molecule has 0 aliphatic rings. The van der Waals surface area contributed by atoms with Gasteiger partial charge in [-0.3, -0.25) is 0 Å². The quantitative estimate of drug-likeness (QED) is 0.873. The number of benzene rings is 1. The summed E-state index contributed by atoms with van der Waals surface area (Å²) in [6, 6.07) is 5.46. The fraction of sp³-hybridized carbons (Fsp3) is 0.385. The van der Waals surface area contributed by atoms with Crippen LogP contribution in [0.4, 0.5) is 4.39 Å². The van der Waals surface area contributed by atoms with Gasteiger partial charge in [0.15, 0.2) is 17.7 Å². The summed E-state index contributed by atoms with van der Waals surface area (Å²) >= 11 is 0. The SMILES string of the molecule is CC(C)CC(Oc1ccc(C#N)cc1F)C(=O)O. The van der Waals surface area contributed by atoms with Gasteiger partial charge in [0, 0.05) is 0 Å². The Labute approximate surface area is 105 Å². The van der Waals surface area contributed by atoms with Crippen LogP contribution in [0.5, 0.6) is 5.75 Å². The molecule has 18 heavy (non-hydrogen) atoms. The third-order valence-electron chi connectivity index (χ3n) is 2.29. The van der Waals surface area contributed by atoms with Gasteiger partial charge in [-0.2, -0.15) is 5.26 Å². The molecule has 0 amide bonds. The molecule has 1 atom stereocenters. The number of carboxylic acids is 1. The molecule has 0 fully saturated rings. The molecule has 1 N–H and O–H groups in total. The Hall–Kier alpha value is -2.09. The van der Waals surface area contributed by atoms with Crippen molar-refractivity contribution in [1.29, 1.82) is 5.26 Å². The van der Waals surface area contributed by atoms with Gasteiger partial charge >= 0.3 is 5.97 Å². The second-order valence-corrected chi connectivity index (χ2v) is 4.33. The molecule has 0 aliphatic heterocycles. The van der Waals surface area contributed by atoms with E-state index in [9.17, 15) is 9.18 Å². The molecule has 0 bridgehead atoms. The molecule has 0 saturated carbocycles. The zero-order chi connectivity index (χ0) is 13.7. The van der Waals surface area contributed by atoms with E-state index in [1.54, 1.807) is 6.07 Å². The minimum Gasteiger partial charge on any atom is -0.479 e. The summed E-state index contributed by atoms with van der Waals surface area (Å²) in [5, 5.41) is 17.6. The van der Waals surface area contributed by atoms with Gasteiger partial charge in [0.1, 0.15) is 0 Å². The van der Waals surface area contributed by atoms with Crippen LogP contribution in [0.15, 0.2) is 18.2 Å². The van der Waals surface area contributed by atoms with Gasteiger partial charge in [-0.25, -0.2) is 9.18 Å². The van der Waals surface area contributed by atoms with Crippen LogP contribution in [-0.2, 0) is 4.79 Å². The highest BCUT2D eigenvalue weighted by molar-refractivity contribution is 5.72. The number of carbonyl (C=O) groups is 1. The zero-order valence-corrected chi connectivity index (χ0v) is 10.2. The van der Waals surface area contributed by atoms with E-state index in [1.807, 2.05) is 13.8 Å². The normalized spacial score (nSPS) is 11.9. The van der Waals surface area contributed by atoms with Crippen molar-refractivity contribution in [3.63, 3.8) is 0 Å². The molecular formula is C13H14FNO3. The van der Waals surface area contributed by atoms with Crippen molar-refractivity contribution in [1.82, 2.24) is 0 Å². The van der Waals surface area contributed by atoms with Crippen LogP contribution in [0.2, 0.25) is 0 Å². The van der Waals surface area contributed by atoms with Crippen molar-refractivity contribution >= 4 is 5.97 Å². The number of hydrogen-bond acceptors (Lipinski definition) is 3. The second kappa shape index (κ2) is 6.01. The third-order valence-corrected chi connectivity index (χ3v) is 2.29. The first-order valence-corrected chi connectivity index (χ1v) is 5.53. The number of nitriles is 1. The molecule has 4 nitrogen and oxygen atoms in total. The monoisotopic (exact) mass is 251 g/mol. The Kier molecular flexibility index (Phi) is 4.67. The highest BCUT2D eigenvalue weighted by atomic mass is 19.1. The minimum absolute atomic E-state index is 0.118. The Morgan fingerprint density at radius 2 is 2.22 bits per heavy atom. The first-order valence-electron chi connectivity index (χ1n) is 5.53. The van der Waals surface area contributed by atoms with Crippen molar-refractivity contribution in [3.8, 4) is 11.8 Å². The maximum Gasteiger partial charge on any atom is 0.344 e. The van der Waals surface area contributed by atoms with Gasteiger partial charge < -0.3 is 9.84 Å². The van der Waals surface area contributed by atoms with Crippen molar-refractivity contribution in [2.24, 2.45) is 5.92 Å². The first-order chi connectivity index (χ1) is 8.43. The van der Waals surface area contributed by atoms with Crippen LogP contribution in [0.25, 0.3) is 0 Å². The van der Waals surface area contributed by atoms with Crippen molar-refractivity contribution in [3.05, 3.63) is 29.6 Å². The van der Waals surface area contributed by atoms with Gasteiger partial charge in [-0.05, 0) is 30.5 Å². The van der Waals surface area contributed by atoms with E-state index < -0.39 is 17.9 Å². The summed E-state index contributed by atoms with van der Waals surface area (Å²) in [5.41, 5.74) is 0.163. The summed E-state index contributed by atoms with van der Waals surface area (Å²) in [5.74, 6) is -1.90. The Morgan fingerprint density at radius 1 is 1.56 bits per heavy atom. The molecule has 1 rings (SSSR count). The van der Waals surface area contributed by atoms with Crippen LogP contribution in [0.1, 0.15) is 25.8 Å². The highest BCUT2D eigenvalue weighted by Gasteiger charge is 2.22. The van der Waals surface area contributed by atoms with E-state index >= 15 is 0 Å². The van der Waals surface area contributed by atoms with E-state index in [4.69, 9.17) is 15.1 Å². The standard InChI is InChI=1S/C13H14FNO3/c1-8(2)5-12(13(16)17)18-11-4-3-9(7-15)6-10(11)14/h3-4,6,8,12H,5H2,1-2H3,(H,16,17). The minimum atomic E-state index is -1.13. The van der Waals surface area contributed by atoms with E-state index in [2.05, 4.69) is 0 Å². The molecule has 96 valence electrons. The predicted octanol–water partition coefficient (Wildman–Crippen LogP) is 2.58. The van der Waals surface area contributed by atoms with Crippen molar-refractivity contribution < 1.29 is 19.0 Å². The lowest BCUT2D eigenvalue weighted by molar-refractivity contribution is -0.145. The average Bonchev–Trinajstić information content (AvgIpc) is 2.29. The summed E-state index contributed by atoms with van der Waals surface area (Å²) in [4.78, 5) is 11.0. The number of hydrogen-bond donors (Lipinski definition) is 1. The Balaban J connectivity index is 2.88. The number of nitrogens with zero attached hydrogens (tertiary/aromatic N) is 1. The summed E-state index contributed by atoms with van der Waals surface area (Å²) < 4.78 is 18.7. The molecule has 0 heterocycles. The molecule has 0 aromatic heterocycles. The molecule has 1 aromatic carbocycles. The predicted molar refractivity (Wildman–Crippen MR) is 62.6 cm³/mol. The summed E-state index contributed by atoms with van der Waals surface area (Å²) in [6.07, 6.45) is -0.804. The fourth-order valence-electron chi connectivity index (χ4n) is 1.45. The fourth-order valence-corrected chi connectivity index (χ4v) is 1.45. The van der Waals surface area contributed by atoms with Crippen LogP contribution in [0.3, 0.4) is 0 Å². The Morgan fingerprint density at radius 3 is 2.67 bits per heavy atom. The zero-order valence-electron chi connectivity index (χ0n) is 10.2. The number of aliphatic carboxylic acids is 1. The summed E-state index contributed by atoms with van der Waals surface area (Å²) in [6.45, 7) is 3.71. The molecule has 0 saturated heterocycles. The van der Waals surface area contributed by atoms with Crippen molar-refractivity contribution in [2.75, 3.05) is 0 Å². The molecular weight excluding hydrogens is 237 g/mol. The molecule has 1 aromatic rings. The lowest BCUT2D eigenvalue weighted by Gasteiger charge is -2.17. The molecule has 0 aliphatic carbocycles. The Bertz CT molecular complexity index is 480. The van der Waals surface area contributed by atoms with Gasteiger partial charge in [0.05, 0.1) is 11.6 Å². The molecule has 0 spiro atoms. The van der Waals surface area contributed by atoms with Crippen LogP contribution >= 0.6 is 0 Å². The van der Waals surface area contributed by atoms with Crippen LogP contribution in [-0.4, -0.2) is 17.2 Å². The number of carboxylic acid groups (broad SMARTS) is 1. The smallest absolute Gasteiger partial charge is 0.344 e. The molecule has 0 radical (unpaired) electrons. The van der Waals surface area contributed by atoms with E-state index in [0.717, 1.165) is 6.07 Å². The molecule has 1 unspecified atom stereocenters. The van der Waals surface area contributed by atoms with Gasteiger partial charge in [0.2, 0.25) is 0 Å². The van der Waals surface area contributed by atoms with Crippen molar-refractivity contribution in [2.45, 2.75) is 26.4 Å². The number of ether oxygens (including phenoxy) is 1. The van der Waals surface area contributed by atoms with E-state index in [-0.39, 0.29) is 23.7 Å². The van der Waals surface area contributed by atoms with E-state index in [0.29, 0.717) is 0 Å². The molecule has 5 heteroatoms. The largest absolute Gasteiger partial charge is 0.479 e. The lowest BCUT2D eigenvalue weighted by Crippen LogP contribution is -2.28. The average molecular weight is 251 g/mol. The van der Waals surface area contributed by atoms with Crippen LogP contribution < -0.4 is 4.74 Å². The maximum atomic E-state index is 13.5. The second-order valence-electron chi connectivity index (χ2n) is 4.33. The maximum absolute atomic E-state index is 13.5.